The maximum absolute atomic E-state index is 13.7. The number of nitrogens with two attached hydrogens (primary N) is 1. The van der Waals surface area contributed by atoms with E-state index in [0.717, 1.165) is 10.8 Å². The Kier molecular flexibility index (Phi) is 2.72. The van der Waals surface area contributed by atoms with Gasteiger partial charge in [0.15, 0.2) is 11.6 Å². The van der Waals surface area contributed by atoms with Gasteiger partial charge in [0.05, 0.1) is 11.9 Å². The molecule has 0 amide bonds. The number of ether oxygens (including phenoxy) is 1. The third-order valence-corrected chi connectivity index (χ3v) is 2.73. The van der Waals surface area contributed by atoms with Crippen LogP contribution in [0.5, 0.6) is 11.6 Å². The van der Waals surface area contributed by atoms with Crippen molar-refractivity contribution >= 4 is 16.5 Å². The minimum absolute atomic E-state index is 0.0341. The van der Waals surface area contributed by atoms with Crippen LogP contribution in [0.4, 0.5) is 10.1 Å². The fourth-order valence-electron chi connectivity index (χ4n) is 1.81. The predicted octanol–water partition coefficient (Wildman–Crippen LogP) is 3.14. The first-order valence-electron chi connectivity index (χ1n) is 5.68. The van der Waals surface area contributed by atoms with Gasteiger partial charge in [-0.1, -0.05) is 24.3 Å². The second-order valence-corrected chi connectivity index (χ2v) is 4.00. The fraction of sp³-hybridized carbons (Fsp3) is 0. The van der Waals surface area contributed by atoms with Crippen molar-refractivity contribution in [2.24, 2.45) is 0 Å². The number of benzene rings is 2. The molecule has 5 heteroatoms. The van der Waals surface area contributed by atoms with Crippen LogP contribution in [0, 0.1) is 5.82 Å². The summed E-state index contributed by atoms with van der Waals surface area (Å²) < 4.78 is 19.2. The predicted molar refractivity (Wildman–Crippen MR) is 70.4 cm³/mol. The second kappa shape index (κ2) is 4.53. The van der Waals surface area contributed by atoms with Crippen LogP contribution < -0.4 is 10.5 Å². The van der Waals surface area contributed by atoms with Gasteiger partial charge in [0.2, 0.25) is 5.88 Å². The van der Waals surface area contributed by atoms with E-state index in [1.165, 1.54) is 12.1 Å². The fourth-order valence-corrected chi connectivity index (χ4v) is 1.81. The molecule has 1 aromatic heterocycles. The highest BCUT2D eigenvalue weighted by Gasteiger charge is 2.12. The highest BCUT2D eigenvalue weighted by molar-refractivity contribution is 5.86. The largest absolute Gasteiger partial charge is 0.432 e. The van der Waals surface area contributed by atoms with Gasteiger partial charge in [-0.25, -0.2) is 4.39 Å². The van der Waals surface area contributed by atoms with Crippen molar-refractivity contribution in [2.75, 3.05) is 5.73 Å². The average molecular weight is 255 g/mol. The van der Waals surface area contributed by atoms with E-state index < -0.39 is 5.82 Å². The number of hydrogen-bond acceptors (Lipinski definition) is 4. The number of aromatic nitrogens is 2. The van der Waals surface area contributed by atoms with Crippen molar-refractivity contribution in [1.29, 1.82) is 0 Å². The van der Waals surface area contributed by atoms with Gasteiger partial charge in [-0.05, 0) is 18.2 Å². The molecule has 0 saturated carbocycles. The van der Waals surface area contributed by atoms with Crippen LogP contribution in [0.2, 0.25) is 0 Å². The zero-order chi connectivity index (χ0) is 13.2. The van der Waals surface area contributed by atoms with Crippen LogP contribution >= 0.6 is 0 Å². The first-order valence-corrected chi connectivity index (χ1v) is 5.68. The van der Waals surface area contributed by atoms with Crippen LogP contribution in [-0.4, -0.2) is 10.2 Å². The number of anilines is 1. The van der Waals surface area contributed by atoms with Gasteiger partial charge in [-0.15, -0.1) is 5.10 Å². The lowest BCUT2D eigenvalue weighted by Crippen LogP contribution is -1.97. The number of nitrogen functional groups attached to an aromatic ring is 1. The molecule has 3 aromatic rings. The first-order chi connectivity index (χ1) is 9.25. The molecule has 0 atom stereocenters. The molecule has 2 aromatic carbocycles. The summed E-state index contributed by atoms with van der Waals surface area (Å²) in [5.74, 6) is -0.335. The molecule has 0 unspecified atom stereocenters. The summed E-state index contributed by atoms with van der Waals surface area (Å²) in [6, 6.07) is 11.8. The quantitative estimate of drug-likeness (QED) is 0.714. The lowest BCUT2D eigenvalue weighted by atomic mass is 10.2. The SMILES string of the molecule is Nc1cccc(F)c1Oc1nncc2ccccc12. The lowest BCUT2D eigenvalue weighted by Gasteiger charge is -2.09. The Morgan fingerprint density at radius 2 is 1.89 bits per heavy atom. The molecule has 0 radical (unpaired) electrons. The summed E-state index contributed by atoms with van der Waals surface area (Å²) in [5.41, 5.74) is 5.92. The Bertz CT molecular complexity index is 720. The van der Waals surface area contributed by atoms with Gasteiger partial charge in [0.1, 0.15) is 0 Å². The van der Waals surface area contributed by atoms with Crippen molar-refractivity contribution in [2.45, 2.75) is 0 Å². The van der Waals surface area contributed by atoms with E-state index >= 15 is 0 Å². The van der Waals surface area contributed by atoms with Gasteiger partial charge >= 0.3 is 0 Å². The molecule has 2 N–H and O–H groups in total. The number of nitrogens with zero attached hydrogens (tertiary/aromatic N) is 2. The molecule has 0 aliphatic rings. The van der Waals surface area contributed by atoms with Crippen molar-refractivity contribution in [3.05, 3.63) is 54.5 Å². The highest BCUT2D eigenvalue weighted by atomic mass is 19.1. The Morgan fingerprint density at radius 3 is 2.74 bits per heavy atom. The van der Waals surface area contributed by atoms with E-state index in [4.69, 9.17) is 10.5 Å². The summed E-state index contributed by atoms with van der Waals surface area (Å²) in [4.78, 5) is 0. The third-order valence-electron chi connectivity index (χ3n) is 2.73. The smallest absolute Gasteiger partial charge is 0.246 e. The molecule has 0 spiro atoms. The topological polar surface area (TPSA) is 61.0 Å². The normalized spacial score (nSPS) is 10.6. The maximum Gasteiger partial charge on any atom is 0.246 e. The Hall–Kier alpha value is -2.69. The van der Waals surface area contributed by atoms with Crippen molar-refractivity contribution in [3.8, 4) is 11.6 Å². The maximum atomic E-state index is 13.7. The average Bonchev–Trinajstić information content (AvgIpc) is 2.43. The molecule has 3 rings (SSSR count). The van der Waals surface area contributed by atoms with E-state index in [0.29, 0.717) is 0 Å². The summed E-state index contributed by atoms with van der Waals surface area (Å²) in [6.07, 6.45) is 1.62. The molecular formula is C14H10FN3O. The number of fused-ring (bicyclic) bond motifs is 1. The minimum atomic E-state index is -0.533. The zero-order valence-corrected chi connectivity index (χ0v) is 9.88. The molecule has 19 heavy (non-hydrogen) atoms. The van der Waals surface area contributed by atoms with E-state index in [2.05, 4.69) is 10.2 Å². The van der Waals surface area contributed by atoms with E-state index in [1.54, 1.807) is 12.3 Å². The molecule has 0 fully saturated rings. The summed E-state index contributed by atoms with van der Waals surface area (Å²) >= 11 is 0. The molecule has 0 saturated heterocycles. The van der Waals surface area contributed by atoms with Gasteiger partial charge in [-0.3, -0.25) is 0 Å². The van der Waals surface area contributed by atoms with Crippen molar-refractivity contribution < 1.29 is 9.13 Å². The molecule has 94 valence electrons. The number of para-hydroxylation sites is 1. The van der Waals surface area contributed by atoms with Crippen LogP contribution in [0.25, 0.3) is 10.8 Å². The van der Waals surface area contributed by atoms with Crippen molar-refractivity contribution in [3.63, 3.8) is 0 Å². The van der Waals surface area contributed by atoms with Crippen LogP contribution in [-0.2, 0) is 0 Å². The Morgan fingerprint density at radius 1 is 1.05 bits per heavy atom. The van der Waals surface area contributed by atoms with E-state index in [9.17, 15) is 4.39 Å². The molecule has 1 heterocycles. The summed E-state index contributed by atoms with van der Waals surface area (Å²) in [6.45, 7) is 0. The third kappa shape index (κ3) is 2.06. The van der Waals surface area contributed by atoms with E-state index in [-0.39, 0.29) is 17.3 Å². The Labute approximate surface area is 108 Å². The van der Waals surface area contributed by atoms with Crippen LogP contribution in [0.3, 0.4) is 0 Å². The molecule has 0 bridgehead atoms. The standard InChI is InChI=1S/C14H10FN3O/c15-11-6-3-7-12(16)13(11)19-14-10-5-2-1-4-9(10)8-17-18-14/h1-8H,16H2. The first kappa shape index (κ1) is 11.4. The molecular weight excluding hydrogens is 245 g/mol. The molecule has 4 nitrogen and oxygen atoms in total. The Balaban J connectivity index is 2.11. The van der Waals surface area contributed by atoms with Crippen molar-refractivity contribution in [1.82, 2.24) is 10.2 Å². The second-order valence-electron chi connectivity index (χ2n) is 4.00. The monoisotopic (exact) mass is 255 g/mol. The number of hydrogen-bond donors (Lipinski definition) is 1. The molecule has 0 aliphatic heterocycles. The highest BCUT2D eigenvalue weighted by Crippen LogP contribution is 2.32. The van der Waals surface area contributed by atoms with E-state index in [1.807, 2.05) is 24.3 Å². The molecule has 0 aliphatic carbocycles. The number of rotatable bonds is 2. The van der Waals surface area contributed by atoms with Crippen LogP contribution in [0.1, 0.15) is 0 Å². The van der Waals surface area contributed by atoms with Gasteiger partial charge in [0, 0.05) is 10.8 Å². The van der Waals surface area contributed by atoms with Gasteiger partial charge in [-0.2, -0.15) is 5.10 Å². The van der Waals surface area contributed by atoms with Gasteiger partial charge in [0.25, 0.3) is 0 Å². The van der Waals surface area contributed by atoms with Crippen LogP contribution in [0.15, 0.2) is 48.7 Å². The lowest BCUT2D eigenvalue weighted by molar-refractivity contribution is 0.429. The zero-order valence-electron chi connectivity index (χ0n) is 9.88. The summed E-state index contributed by atoms with van der Waals surface area (Å²) in [5, 5.41) is 9.33. The number of halogens is 1. The summed E-state index contributed by atoms with van der Waals surface area (Å²) in [7, 11) is 0. The van der Waals surface area contributed by atoms with Gasteiger partial charge < -0.3 is 10.5 Å². The minimum Gasteiger partial charge on any atom is -0.432 e.